The molecule has 1 fully saturated rings. The molecule has 0 bridgehead atoms. The lowest BCUT2D eigenvalue weighted by Gasteiger charge is -2.21. The molecule has 0 spiro atoms. The van der Waals surface area contributed by atoms with Gasteiger partial charge >= 0.3 is 8.56 Å². The van der Waals surface area contributed by atoms with E-state index in [4.69, 9.17) is 14.6 Å². The van der Waals surface area contributed by atoms with E-state index in [9.17, 15) is 0 Å². The quantitative estimate of drug-likeness (QED) is 0.777. The molecule has 0 amide bonds. The van der Waals surface area contributed by atoms with Gasteiger partial charge < -0.3 is 14.6 Å². The van der Waals surface area contributed by atoms with Gasteiger partial charge in [-0.2, -0.15) is 0 Å². The number of rotatable bonds is 4. The third kappa shape index (κ3) is 7.38. The van der Waals surface area contributed by atoms with Crippen LogP contribution in [-0.2, 0) is 8.85 Å². The summed E-state index contributed by atoms with van der Waals surface area (Å²) in [6, 6.07) is 1.62. The summed E-state index contributed by atoms with van der Waals surface area (Å²) < 4.78 is 10.5. The van der Waals surface area contributed by atoms with Crippen LogP contribution in [0.4, 0.5) is 0 Å². The topological polar surface area (TPSA) is 44.5 Å². The smallest absolute Gasteiger partial charge is 0.334 e. The van der Waals surface area contributed by atoms with Crippen LogP contribution in [-0.4, -0.2) is 28.8 Å². The highest BCUT2D eigenvalue weighted by Crippen LogP contribution is 2.14. The van der Waals surface area contributed by atoms with Gasteiger partial charge in [-0.25, -0.2) is 0 Å². The largest absolute Gasteiger partial charge is 0.398 e. The van der Waals surface area contributed by atoms with Crippen molar-refractivity contribution in [2.45, 2.75) is 64.1 Å². The average Bonchev–Trinajstić information content (AvgIpc) is 2.31. The van der Waals surface area contributed by atoms with Gasteiger partial charge in [0.1, 0.15) is 0 Å². The molecule has 0 saturated heterocycles. The molecule has 0 aromatic rings. The maximum atomic E-state index is 5.63. The lowest BCUT2D eigenvalue weighted by atomic mass is 9.97. The first-order chi connectivity index (χ1) is 7.58. The third-order valence-electron chi connectivity index (χ3n) is 3.22. The van der Waals surface area contributed by atoms with Crippen molar-refractivity contribution in [3.05, 3.63) is 0 Å². The Labute approximate surface area is 102 Å². The molecule has 1 aliphatic rings. The summed E-state index contributed by atoms with van der Waals surface area (Å²) in [5.74, 6) is 0. The fraction of sp³-hybridized carbons (Fsp3) is 1.00. The van der Waals surface area contributed by atoms with Gasteiger partial charge in [0.15, 0.2) is 0 Å². The first kappa shape index (κ1) is 16.1. The van der Waals surface area contributed by atoms with Crippen LogP contribution < -0.4 is 5.73 Å². The Balaban J connectivity index is 0.000000288. The molecule has 1 rings (SSSR count). The predicted octanol–water partition coefficient (Wildman–Crippen LogP) is 3.04. The van der Waals surface area contributed by atoms with E-state index in [-0.39, 0.29) is 0 Å². The molecular weight excluding hydrogens is 218 g/mol. The monoisotopic (exact) mass is 247 g/mol. The highest BCUT2D eigenvalue weighted by atomic mass is 28.4. The van der Waals surface area contributed by atoms with E-state index >= 15 is 0 Å². The van der Waals surface area contributed by atoms with Gasteiger partial charge in [0, 0.05) is 20.3 Å². The number of hydrogen-bond donors (Lipinski definition) is 1. The Kier molecular flexibility index (Phi) is 9.22. The molecule has 2 N–H and O–H groups in total. The molecule has 98 valence electrons. The lowest BCUT2D eigenvalue weighted by Crippen LogP contribution is -2.35. The van der Waals surface area contributed by atoms with Crippen LogP contribution in [0.2, 0.25) is 12.6 Å². The van der Waals surface area contributed by atoms with E-state index in [2.05, 4.69) is 13.5 Å². The van der Waals surface area contributed by atoms with Crippen LogP contribution in [0.3, 0.4) is 0 Å². The molecule has 0 aromatic carbocycles. The summed E-state index contributed by atoms with van der Waals surface area (Å²) >= 11 is 0. The number of nitrogens with two attached hydrogens (primary N) is 1. The van der Waals surface area contributed by atoms with Gasteiger partial charge in [0.2, 0.25) is 0 Å². The molecule has 0 aromatic heterocycles. The van der Waals surface area contributed by atoms with Gasteiger partial charge in [-0.15, -0.1) is 0 Å². The summed E-state index contributed by atoms with van der Waals surface area (Å²) in [4.78, 5) is 0. The maximum Gasteiger partial charge on any atom is 0.334 e. The fourth-order valence-electron chi connectivity index (χ4n) is 1.88. The van der Waals surface area contributed by atoms with Gasteiger partial charge in [0.25, 0.3) is 0 Å². The fourth-order valence-corrected chi connectivity index (χ4v) is 3.36. The zero-order chi connectivity index (χ0) is 12.4. The van der Waals surface area contributed by atoms with Crippen LogP contribution >= 0.6 is 0 Å². The molecular formula is C12H29NO2Si. The standard InChI is InChI=1S/C6H13N.C6H16O2Si/c7-6-4-2-1-3-5-6;1-5-6-9(4,7-2)8-3/h6H,1-5,7H2;5-6H2,1-4H3. The predicted molar refractivity (Wildman–Crippen MR) is 71.8 cm³/mol. The van der Waals surface area contributed by atoms with Crippen molar-refractivity contribution < 1.29 is 8.85 Å². The van der Waals surface area contributed by atoms with E-state index in [0.717, 1.165) is 12.5 Å². The van der Waals surface area contributed by atoms with Crippen molar-refractivity contribution in [1.29, 1.82) is 0 Å². The molecule has 4 heteroatoms. The van der Waals surface area contributed by atoms with Crippen LogP contribution in [0.5, 0.6) is 0 Å². The molecule has 16 heavy (non-hydrogen) atoms. The zero-order valence-corrected chi connectivity index (χ0v) is 12.4. The Hall–Kier alpha value is 0.0969. The van der Waals surface area contributed by atoms with E-state index < -0.39 is 8.56 Å². The van der Waals surface area contributed by atoms with Crippen molar-refractivity contribution >= 4 is 8.56 Å². The van der Waals surface area contributed by atoms with Gasteiger partial charge in [-0.3, -0.25) is 0 Å². The van der Waals surface area contributed by atoms with Crippen LogP contribution in [0, 0.1) is 0 Å². The van der Waals surface area contributed by atoms with Gasteiger partial charge in [0.05, 0.1) is 0 Å². The molecule has 0 aliphatic heterocycles. The molecule has 0 unspecified atom stereocenters. The van der Waals surface area contributed by atoms with E-state index in [1.807, 2.05) is 0 Å². The minimum Gasteiger partial charge on any atom is -0.398 e. The Morgan fingerprint density at radius 3 is 1.81 bits per heavy atom. The average molecular weight is 247 g/mol. The molecule has 1 aliphatic carbocycles. The second kappa shape index (κ2) is 9.16. The molecule has 0 heterocycles. The van der Waals surface area contributed by atoms with Crippen LogP contribution in [0.15, 0.2) is 0 Å². The maximum absolute atomic E-state index is 5.63. The molecule has 0 atom stereocenters. The normalized spacial score (nSPS) is 17.8. The Bertz CT molecular complexity index is 157. The Morgan fingerprint density at radius 1 is 1.12 bits per heavy atom. The van der Waals surface area contributed by atoms with Crippen molar-refractivity contribution in [3.8, 4) is 0 Å². The van der Waals surface area contributed by atoms with Gasteiger partial charge in [-0.05, 0) is 25.4 Å². The lowest BCUT2D eigenvalue weighted by molar-refractivity contribution is 0.249. The van der Waals surface area contributed by atoms with Crippen molar-refractivity contribution in [1.82, 2.24) is 0 Å². The second-order valence-corrected chi connectivity index (χ2v) is 8.27. The second-order valence-electron chi connectivity index (χ2n) is 4.69. The van der Waals surface area contributed by atoms with Gasteiger partial charge in [-0.1, -0.05) is 32.6 Å². The molecule has 1 saturated carbocycles. The van der Waals surface area contributed by atoms with E-state index in [1.54, 1.807) is 14.2 Å². The third-order valence-corrected chi connectivity index (χ3v) is 6.35. The summed E-state index contributed by atoms with van der Waals surface area (Å²) in [5.41, 5.74) is 5.63. The summed E-state index contributed by atoms with van der Waals surface area (Å²) in [6.45, 7) is 4.22. The highest BCUT2D eigenvalue weighted by molar-refractivity contribution is 6.65. The van der Waals surface area contributed by atoms with E-state index in [0.29, 0.717) is 6.04 Å². The summed E-state index contributed by atoms with van der Waals surface area (Å²) in [6.07, 6.45) is 7.81. The molecule has 0 radical (unpaired) electrons. The van der Waals surface area contributed by atoms with Crippen molar-refractivity contribution in [2.24, 2.45) is 5.73 Å². The first-order valence-electron chi connectivity index (χ1n) is 6.44. The minimum atomic E-state index is -1.70. The molecule has 3 nitrogen and oxygen atoms in total. The van der Waals surface area contributed by atoms with Crippen LogP contribution in [0.1, 0.15) is 45.4 Å². The SMILES string of the molecule is CCC[Si](C)(OC)OC.NC1CCCCC1. The van der Waals surface area contributed by atoms with Crippen molar-refractivity contribution in [2.75, 3.05) is 14.2 Å². The van der Waals surface area contributed by atoms with Crippen molar-refractivity contribution in [3.63, 3.8) is 0 Å². The Morgan fingerprint density at radius 2 is 1.62 bits per heavy atom. The zero-order valence-electron chi connectivity index (χ0n) is 11.4. The van der Waals surface area contributed by atoms with E-state index in [1.165, 1.54) is 32.1 Å². The van der Waals surface area contributed by atoms with Crippen LogP contribution in [0.25, 0.3) is 0 Å². The first-order valence-corrected chi connectivity index (χ1v) is 8.96. The number of hydrogen-bond acceptors (Lipinski definition) is 3. The highest BCUT2D eigenvalue weighted by Gasteiger charge is 2.26. The summed E-state index contributed by atoms with van der Waals surface area (Å²) in [7, 11) is 1.76. The summed E-state index contributed by atoms with van der Waals surface area (Å²) in [5, 5.41) is 0. The minimum absolute atomic E-state index is 0.536.